The number of carbonyl (C=O) groups excluding carboxylic acids is 1. The van der Waals surface area contributed by atoms with E-state index in [0.29, 0.717) is 11.1 Å². The van der Waals surface area contributed by atoms with Crippen LogP contribution in [-0.2, 0) is 0 Å². The monoisotopic (exact) mass is 257 g/mol. The highest BCUT2D eigenvalue weighted by molar-refractivity contribution is 6.16. The van der Waals surface area contributed by atoms with E-state index in [2.05, 4.69) is 4.98 Å². The van der Waals surface area contributed by atoms with E-state index in [0.717, 1.165) is 0 Å². The van der Waals surface area contributed by atoms with Crippen molar-refractivity contribution in [2.45, 2.75) is 0 Å². The van der Waals surface area contributed by atoms with Crippen molar-refractivity contribution in [3.63, 3.8) is 0 Å². The SMILES string of the molecule is O=C(c1ccc(F)cc1)c1c[nH]c2cccc(F)c12. The second-order valence-corrected chi connectivity index (χ2v) is 4.20. The van der Waals surface area contributed by atoms with Gasteiger partial charge in [0.25, 0.3) is 0 Å². The lowest BCUT2D eigenvalue weighted by atomic mass is 10.0. The molecule has 94 valence electrons. The summed E-state index contributed by atoms with van der Waals surface area (Å²) in [5.74, 6) is -1.21. The van der Waals surface area contributed by atoms with Crippen LogP contribution in [0.1, 0.15) is 15.9 Å². The Bertz CT molecular complexity index is 759. The van der Waals surface area contributed by atoms with Crippen molar-refractivity contribution in [3.05, 3.63) is 71.4 Å². The molecule has 3 aromatic rings. The Morgan fingerprint density at radius 2 is 1.74 bits per heavy atom. The van der Waals surface area contributed by atoms with Crippen LogP contribution in [0.4, 0.5) is 8.78 Å². The summed E-state index contributed by atoms with van der Waals surface area (Å²) in [6.07, 6.45) is 1.47. The Hall–Kier alpha value is -2.49. The number of hydrogen-bond donors (Lipinski definition) is 1. The number of aromatic amines is 1. The van der Waals surface area contributed by atoms with E-state index in [-0.39, 0.29) is 16.7 Å². The molecule has 0 atom stereocenters. The van der Waals surface area contributed by atoms with Crippen LogP contribution in [0, 0.1) is 11.6 Å². The zero-order valence-electron chi connectivity index (χ0n) is 9.78. The Morgan fingerprint density at radius 1 is 1.00 bits per heavy atom. The summed E-state index contributed by atoms with van der Waals surface area (Å²) < 4.78 is 26.6. The summed E-state index contributed by atoms with van der Waals surface area (Å²) in [5.41, 5.74) is 1.13. The standard InChI is InChI=1S/C15H9F2NO/c16-10-6-4-9(5-7-10)15(19)11-8-18-13-3-1-2-12(17)14(11)13/h1-8,18H. The number of rotatable bonds is 2. The molecule has 0 saturated carbocycles. The van der Waals surface area contributed by atoms with Gasteiger partial charge in [0.15, 0.2) is 5.78 Å². The Balaban J connectivity index is 2.14. The average Bonchev–Trinajstić information content (AvgIpc) is 2.84. The molecule has 3 rings (SSSR count). The second kappa shape index (κ2) is 4.31. The summed E-state index contributed by atoms with van der Waals surface area (Å²) in [4.78, 5) is 15.1. The molecule has 0 spiro atoms. The highest BCUT2D eigenvalue weighted by Crippen LogP contribution is 2.23. The molecule has 1 aromatic heterocycles. The molecule has 19 heavy (non-hydrogen) atoms. The molecule has 2 nitrogen and oxygen atoms in total. The molecule has 1 heterocycles. The molecule has 0 saturated heterocycles. The van der Waals surface area contributed by atoms with Gasteiger partial charge in [-0.3, -0.25) is 4.79 Å². The van der Waals surface area contributed by atoms with Crippen LogP contribution < -0.4 is 0 Å². The number of H-pyrrole nitrogens is 1. The van der Waals surface area contributed by atoms with E-state index in [1.807, 2.05) is 0 Å². The number of fused-ring (bicyclic) bond motifs is 1. The molecule has 4 heteroatoms. The van der Waals surface area contributed by atoms with Gasteiger partial charge in [0.05, 0.1) is 5.56 Å². The Morgan fingerprint density at radius 3 is 2.47 bits per heavy atom. The first-order valence-electron chi connectivity index (χ1n) is 5.72. The Labute approximate surface area is 107 Å². The molecular formula is C15H9F2NO. The maximum atomic E-state index is 13.8. The fraction of sp³-hybridized carbons (Fsp3) is 0. The summed E-state index contributed by atoms with van der Waals surface area (Å²) >= 11 is 0. The van der Waals surface area contributed by atoms with Gasteiger partial charge in [-0.2, -0.15) is 0 Å². The predicted octanol–water partition coefficient (Wildman–Crippen LogP) is 3.68. The summed E-state index contributed by atoms with van der Waals surface area (Å²) in [5, 5.41) is 0.261. The predicted molar refractivity (Wildman–Crippen MR) is 68.1 cm³/mol. The maximum Gasteiger partial charge on any atom is 0.195 e. The van der Waals surface area contributed by atoms with Gasteiger partial charge >= 0.3 is 0 Å². The fourth-order valence-corrected chi connectivity index (χ4v) is 2.08. The smallest absolute Gasteiger partial charge is 0.195 e. The molecule has 1 N–H and O–H groups in total. The van der Waals surface area contributed by atoms with Gasteiger partial charge in [0.1, 0.15) is 11.6 Å². The van der Waals surface area contributed by atoms with Crippen LogP contribution in [0.2, 0.25) is 0 Å². The van der Waals surface area contributed by atoms with E-state index in [9.17, 15) is 13.6 Å². The molecular weight excluding hydrogens is 248 g/mol. The average molecular weight is 257 g/mol. The zero-order chi connectivity index (χ0) is 13.4. The highest BCUT2D eigenvalue weighted by atomic mass is 19.1. The van der Waals surface area contributed by atoms with E-state index < -0.39 is 11.6 Å². The van der Waals surface area contributed by atoms with Gasteiger partial charge in [-0.15, -0.1) is 0 Å². The molecule has 0 amide bonds. The lowest BCUT2D eigenvalue weighted by molar-refractivity contribution is 0.104. The second-order valence-electron chi connectivity index (χ2n) is 4.20. The third kappa shape index (κ3) is 1.91. The van der Waals surface area contributed by atoms with Crippen molar-refractivity contribution in [3.8, 4) is 0 Å². The molecule has 0 unspecified atom stereocenters. The van der Waals surface area contributed by atoms with Gasteiger partial charge < -0.3 is 4.98 Å². The van der Waals surface area contributed by atoms with E-state index in [1.54, 1.807) is 12.1 Å². The van der Waals surface area contributed by atoms with Crippen molar-refractivity contribution in [1.29, 1.82) is 0 Å². The number of benzene rings is 2. The van der Waals surface area contributed by atoms with E-state index >= 15 is 0 Å². The Kier molecular flexibility index (Phi) is 2.63. The number of nitrogens with one attached hydrogen (secondary N) is 1. The molecule has 0 aliphatic rings. The number of carbonyl (C=O) groups is 1. The first-order valence-corrected chi connectivity index (χ1v) is 5.72. The van der Waals surface area contributed by atoms with E-state index in [1.165, 1.54) is 36.5 Å². The highest BCUT2D eigenvalue weighted by Gasteiger charge is 2.16. The van der Waals surface area contributed by atoms with Crippen LogP contribution in [-0.4, -0.2) is 10.8 Å². The number of halogens is 2. The minimum atomic E-state index is -0.454. The fourth-order valence-electron chi connectivity index (χ4n) is 2.08. The quantitative estimate of drug-likeness (QED) is 0.698. The summed E-state index contributed by atoms with van der Waals surface area (Å²) in [6.45, 7) is 0. The number of hydrogen-bond acceptors (Lipinski definition) is 1. The lowest BCUT2D eigenvalue weighted by Crippen LogP contribution is -2.00. The van der Waals surface area contributed by atoms with E-state index in [4.69, 9.17) is 0 Å². The minimum absolute atomic E-state index is 0.250. The summed E-state index contributed by atoms with van der Waals surface area (Å²) in [7, 11) is 0. The van der Waals surface area contributed by atoms with Crippen LogP contribution in [0.25, 0.3) is 10.9 Å². The van der Waals surface area contributed by atoms with Crippen molar-refractivity contribution < 1.29 is 13.6 Å². The largest absolute Gasteiger partial charge is 0.360 e. The molecule has 0 aliphatic carbocycles. The molecule has 0 fully saturated rings. The maximum absolute atomic E-state index is 13.8. The van der Waals surface area contributed by atoms with Crippen molar-refractivity contribution in [2.24, 2.45) is 0 Å². The zero-order valence-corrected chi connectivity index (χ0v) is 9.78. The topological polar surface area (TPSA) is 32.9 Å². The normalized spacial score (nSPS) is 10.8. The number of ketones is 1. The lowest BCUT2D eigenvalue weighted by Gasteiger charge is -2.00. The molecule has 2 aromatic carbocycles. The molecule has 0 aliphatic heterocycles. The molecule has 0 radical (unpaired) electrons. The van der Waals surface area contributed by atoms with Gasteiger partial charge in [-0.05, 0) is 36.4 Å². The number of aromatic nitrogens is 1. The van der Waals surface area contributed by atoms with Gasteiger partial charge in [0, 0.05) is 22.7 Å². The summed E-state index contributed by atoms with van der Waals surface area (Å²) in [6, 6.07) is 9.75. The first kappa shape index (κ1) is 11.6. The van der Waals surface area contributed by atoms with Crippen molar-refractivity contribution in [2.75, 3.05) is 0 Å². The van der Waals surface area contributed by atoms with Crippen LogP contribution in [0.15, 0.2) is 48.7 Å². The van der Waals surface area contributed by atoms with Crippen molar-refractivity contribution in [1.82, 2.24) is 4.98 Å². The van der Waals surface area contributed by atoms with Gasteiger partial charge in [-0.1, -0.05) is 6.07 Å². The molecule has 0 bridgehead atoms. The van der Waals surface area contributed by atoms with Crippen LogP contribution in [0.3, 0.4) is 0 Å². The van der Waals surface area contributed by atoms with Crippen LogP contribution in [0.5, 0.6) is 0 Å². The van der Waals surface area contributed by atoms with Crippen molar-refractivity contribution >= 4 is 16.7 Å². The van der Waals surface area contributed by atoms with Gasteiger partial charge in [-0.25, -0.2) is 8.78 Å². The third-order valence-electron chi connectivity index (χ3n) is 3.01. The minimum Gasteiger partial charge on any atom is -0.360 e. The first-order chi connectivity index (χ1) is 9.16. The van der Waals surface area contributed by atoms with Gasteiger partial charge in [0.2, 0.25) is 0 Å². The van der Waals surface area contributed by atoms with Crippen LogP contribution >= 0.6 is 0 Å². The third-order valence-corrected chi connectivity index (χ3v) is 3.01.